The number of aliphatic hydroxyl groups is 1. The first-order valence-corrected chi connectivity index (χ1v) is 10.9. The van der Waals surface area contributed by atoms with E-state index in [2.05, 4.69) is 15.3 Å². The van der Waals surface area contributed by atoms with Crippen LogP contribution in [0.2, 0.25) is 0 Å². The number of hydrogen-bond donors (Lipinski definition) is 3. The van der Waals surface area contributed by atoms with Gasteiger partial charge >= 0.3 is 0 Å². The van der Waals surface area contributed by atoms with Crippen molar-refractivity contribution in [2.45, 2.75) is 81.9 Å². The fourth-order valence-electron chi connectivity index (χ4n) is 4.09. The number of fused-ring (bicyclic) bond motifs is 1. The van der Waals surface area contributed by atoms with Gasteiger partial charge in [0.25, 0.3) is 5.56 Å². The molecule has 0 amide bonds. The summed E-state index contributed by atoms with van der Waals surface area (Å²) in [7, 11) is 0. The number of nitrogens with one attached hydrogen (secondary N) is 2. The van der Waals surface area contributed by atoms with Crippen molar-refractivity contribution >= 4 is 28.4 Å². The van der Waals surface area contributed by atoms with E-state index in [1.165, 1.54) is 18.9 Å². The molecule has 2 fully saturated rings. The van der Waals surface area contributed by atoms with Crippen LogP contribution >= 0.6 is 11.8 Å². The lowest BCUT2D eigenvalue weighted by atomic mass is 9.97. The quantitative estimate of drug-likeness (QED) is 0.676. The van der Waals surface area contributed by atoms with Gasteiger partial charge in [-0.15, -0.1) is 0 Å². The highest BCUT2D eigenvalue weighted by Gasteiger charge is 2.20. The van der Waals surface area contributed by atoms with Crippen molar-refractivity contribution in [3.63, 3.8) is 0 Å². The average Bonchev–Trinajstić information content (AvgIpc) is 3.16. The summed E-state index contributed by atoms with van der Waals surface area (Å²) in [6.45, 7) is 0. The summed E-state index contributed by atoms with van der Waals surface area (Å²) < 4.78 is 14.4. The van der Waals surface area contributed by atoms with E-state index < -0.39 is 5.82 Å². The zero-order chi connectivity index (χ0) is 18.8. The number of thioether (sulfide) groups is 1. The van der Waals surface area contributed by atoms with Crippen LogP contribution in [-0.2, 0) is 5.75 Å². The van der Waals surface area contributed by atoms with Crippen molar-refractivity contribution in [3.8, 4) is 0 Å². The molecular weight excluding hydrogens is 377 g/mol. The van der Waals surface area contributed by atoms with E-state index in [1.54, 1.807) is 17.8 Å². The number of benzene rings is 1. The van der Waals surface area contributed by atoms with Gasteiger partial charge in [-0.3, -0.25) is 4.79 Å². The molecule has 0 aliphatic heterocycles. The standard InChI is InChI=1S/C20H26FN3O2S.CH4/c21-16-9-15-17(10-18(16)22-12-3-1-2-4-12)23-19(24-20(15)26)11-27-14-7-5-13(25)6-8-14;/h9-10,12-14,22,25H,1-8,11H2,(H,23,24,26);1H4. The Hall–Kier alpha value is -1.60. The molecule has 28 heavy (non-hydrogen) atoms. The van der Waals surface area contributed by atoms with E-state index in [9.17, 15) is 14.3 Å². The summed E-state index contributed by atoms with van der Waals surface area (Å²) in [6.07, 6.45) is 7.95. The van der Waals surface area contributed by atoms with Crippen molar-refractivity contribution in [2.24, 2.45) is 0 Å². The molecule has 2 saturated carbocycles. The number of H-pyrrole nitrogens is 1. The minimum absolute atomic E-state index is 0. The van der Waals surface area contributed by atoms with Crippen molar-refractivity contribution in [2.75, 3.05) is 5.32 Å². The molecule has 1 aromatic heterocycles. The van der Waals surface area contributed by atoms with E-state index in [0.717, 1.165) is 38.5 Å². The fourth-order valence-corrected chi connectivity index (χ4v) is 5.22. The zero-order valence-corrected chi connectivity index (χ0v) is 16.2. The monoisotopic (exact) mass is 407 g/mol. The Morgan fingerprint density at radius 2 is 1.89 bits per heavy atom. The van der Waals surface area contributed by atoms with Gasteiger partial charge in [-0.25, -0.2) is 9.37 Å². The Morgan fingerprint density at radius 1 is 1.18 bits per heavy atom. The largest absolute Gasteiger partial charge is 0.393 e. The predicted octanol–water partition coefficient (Wildman–Crippen LogP) is 4.59. The summed E-state index contributed by atoms with van der Waals surface area (Å²) in [5.74, 6) is 0.848. The molecule has 3 N–H and O–H groups in total. The third-order valence-electron chi connectivity index (χ3n) is 5.66. The first-order chi connectivity index (χ1) is 13.1. The Kier molecular flexibility index (Phi) is 6.99. The molecule has 0 bridgehead atoms. The number of anilines is 1. The number of rotatable bonds is 5. The number of aromatic amines is 1. The average molecular weight is 408 g/mol. The van der Waals surface area contributed by atoms with Crippen LogP contribution in [0.3, 0.4) is 0 Å². The molecule has 154 valence electrons. The topological polar surface area (TPSA) is 78.0 Å². The molecule has 7 heteroatoms. The van der Waals surface area contributed by atoms with Gasteiger partial charge in [0, 0.05) is 11.3 Å². The van der Waals surface area contributed by atoms with Gasteiger partial charge in [-0.2, -0.15) is 11.8 Å². The van der Waals surface area contributed by atoms with Gasteiger partial charge < -0.3 is 15.4 Å². The van der Waals surface area contributed by atoms with Gasteiger partial charge in [0.1, 0.15) is 11.6 Å². The van der Waals surface area contributed by atoms with Gasteiger partial charge in [0.15, 0.2) is 0 Å². The molecule has 2 aromatic rings. The third kappa shape index (κ3) is 4.87. The SMILES string of the molecule is C.O=c1[nH]c(CSC2CCC(O)CC2)nc2cc(NC3CCCC3)c(F)cc12. The summed E-state index contributed by atoms with van der Waals surface area (Å²) in [5.41, 5.74) is 0.684. The molecule has 0 spiro atoms. The van der Waals surface area contributed by atoms with Gasteiger partial charge in [0.2, 0.25) is 0 Å². The maximum atomic E-state index is 14.4. The number of halogens is 1. The van der Waals surface area contributed by atoms with Crippen molar-refractivity contribution < 1.29 is 9.50 Å². The maximum absolute atomic E-state index is 14.4. The van der Waals surface area contributed by atoms with Gasteiger partial charge in [-0.05, 0) is 50.7 Å². The minimum Gasteiger partial charge on any atom is -0.393 e. The number of nitrogens with zero attached hydrogens (tertiary/aromatic N) is 1. The van der Waals surface area contributed by atoms with Crippen LogP contribution in [0.25, 0.3) is 10.9 Å². The lowest BCUT2D eigenvalue weighted by molar-refractivity contribution is 0.132. The van der Waals surface area contributed by atoms with Crippen LogP contribution < -0.4 is 10.9 Å². The second-order valence-electron chi connectivity index (χ2n) is 7.73. The van der Waals surface area contributed by atoms with Crippen LogP contribution in [0.1, 0.15) is 64.6 Å². The highest BCUT2D eigenvalue weighted by molar-refractivity contribution is 7.99. The first-order valence-electron chi connectivity index (χ1n) is 9.87. The normalized spacial score (nSPS) is 22.9. The Bertz CT molecular complexity index is 859. The van der Waals surface area contributed by atoms with Crippen molar-refractivity contribution in [3.05, 3.63) is 34.1 Å². The van der Waals surface area contributed by atoms with Crippen LogP contribution in [0.15, 0.2) is 16.9 Å². The zero-order valence-electron chi connectivity index (χ0n) is 15.3. The fraction of sp³-hybridized carbons (Fsp3) is 0.619. The molecule has 0 unspecified atom stereocenters. The van der Waals surface area contributed by atoms with E-state index >= 15 is 0 Å². The molecule has 0 radical (unpaired) electrons. The minimum atomic E-state index is -0.399. The van der Waals surface area contributed by atoms with Crippen LogP contribution in [0, 0.1) is 5.82 Å². The molecule has 1 heterocycles. The predicted molar refractivity (Wildman–Crippen MR) is 114 cm³/mol. The van der Waals surface area contributed by atoms with Crippen LogP contribution in [0.4, 0.5) is 10.1 Å². The molecule has 4 rings (SSSR count). The van der Waals surface area contributed by atoms with Gasteiger partial charge in [0.05, 0.1) is 28.4 Å². The third-order valence-corrected chi connectivity index (χ3v) is 7.04. The summed E-state index contributed by atoms with van der Waals surface area (Å²) in [6, 6.07) is 3.26. The van der Waals surface area contributed by atoms with Gasteiger partial charge in [-0.1, -0.05) is 20.3 Å². The summed E-state index contributed by atoms with van der Waals surface area (Å²) in [4.78, 5) is 19.8. The van der Waals surface area contributed by atoms with Crippen LogP contribution in [-0.4, -0.2) is 32.5 Å². The number of aromatic nitrogens is 2. The Balaban J connectivity index is 0.00000225. The molecule has 1 aromatic carbocycles. The molecule has 0 saturated heterocycles. The Morgan fingerprint density at radius 3 is 2.61 bits per heavy atom. The molecule has 5 nitrogen and oxygen atoms in total. The van der Waals surface area contributed by atoms with E-state index in [0.29, 0.717) is 39.5 Å². The van der Waals surface area contributed by atoms with Crippen LogP contribution in [0.5, 0.6) is 0 Å². The smallest absolute Gasteiger partial charge is 0.258 e. The molecule has 2 aliphatic carbocycles. The lowest BCUT2D eigenvalue weighted by Gasteiger charge is -2.24. The highest BCUT2D eigenvalue weighted by Crippen LogP contribution is 2.30. The van der Waals surface area contributed by atoms with Crippen molar-refractivity contribution in [1.82, 2.24) is 9.97 Å². The lowest BCUT2D eigenvalue weighted by Crippen LogP contribution is -2.20. The second-order valence-corrected chi connectivity index (χ2v) is 9.02. The maximum Gasteiger partial charge on any atom is 0.258 e. The summed E-state index contributed by atoms with van der Waals surface area (Å²) in [5, 5.41) is 13.7. The Labute approximate surface area is 169 Å². The van der Waals surface area contributed by atoms with E-state index in [1.807, 2.05) is 0 Å². The first kappa shape index (κ1) is 21.1. The second kappa shape index (κ2) is 9.27. The molecule has 0 atom stereocenters. The number of aliphatic hydroxyl groups excluding tert-OH is 1. The van der Waals surface area contributed by atoms with E-state index in [4.69, 9.17) is 0 Å². The highest BCUT2D eigenvalue weighted by atomic mass is 32.2. The molecular formula is C21H30FN3O2S. The molecule has 2 aliphatic rings. The van der Waals surface area contributed by atoms with E-state index in [-0.39, 0.29) is 19.1 Å². The summed E-state index contributed by atoms with van der Waals surface area (Å²) >= 11 is 1.77. The number of hydrogen-bond acceptors (Lipinski definition) is 5. The van der Waals surface area contributed by atoms with Crippen molar-refractivity contribution in [1.29, 1.82) is 0 Å².